The van der Waals surface area contributed by atoms with E-state index in [0.29, 0.717) is 18.7 Å². The van der Waals surface area contributed by atoms with Crippen molar-refractivity contribution in [1.29, 1.82) is 0 Å². The van der Waals surface area contributed by atoms with Gasteiger partial charge < -0.3 is 4.90 Å². The minimum absolute atomic E-state index is 0.00979. The van der Waals surface area contributed by atoms with Gasteiger partial charge in [0.25, 0.3) is 5.91 Å². The highest BCUT2D eigenvalue weighted by atomic mass is 32.2. The van der Waals surface area contributed by atoms with Crippen LogP contribution in [-0.4, -0.2) is 33.2 Å². The number of aromatic nitrogens is 2. The third kappa shape index (κ3) is 4.03. The minimum Gasteiger partial charge on any atom is -0.330 e. The average molecular weight is 370 g/mol. The third-order valence-corrected chi connectivity index (χ3v) is 5.27. The molecule has 128 valence electrons. The Morgan fingerprint density at radius 3 is 2.80 bits per heavy atom. The van der Waals surface area contributed by atoms with Crippen LogP contribution in [-0.2, 0) is 6.54 Å². The average Bonchev–Trinajstić information content (AvgIpc) is 3.32. The fourth-order valence-corrected chi connectivity index (χ4v) is 3.80. The van der Waals surface area contributed by atoms with Crippen molar-refractivity contribution in [3.8, 4) is 5.69 Å². The summed E-state index contributed by atoms with van der Waals surface area (Å²) in [5, 5.41) is 2.94. The van der Waals surface area contributed by atoms with Gasteiger partial charge in [0.05, 0.1) is 6.54 Å². The molecule has 0 radical (unpaired) electrons. The van der Waals surface area contributed by atoms with Gasteiger partial charge in [-0.15, -0.1) is 17.9 Å². The second kappa shape index (κ2) is 8.18. The van der Waals surface area contributed by atoms with Gasteiger partial charge in [-0.25, -0.2) is 4.98 Å². The highest BCUT2D eigenvalue weighted by molar-refractivity contribution is 7.98. The lowest BCUT2D eigenvalue weighted by Crippen LogP contribution is -2.30. The maximum Gasteiger partial charge on any atom is 0.254 e. The Labute approximate surface area is 155 Å². The second-order valence-electron chi connectivity index (χ2n) is 5.38. The lowest BCUT2D eigenvalue weighted by Gasteiger charge is -2.20. The van der Waals surface area contributed by atoms with Crippen molar-refractivity contribution in [3.05, 3.63) is 77.3 Å². The number of hydrogen-bond donors (Lipinski definition) is 0. The molecule has 3 aromatic rings. The monoisotopic (exact) mass is 369 g/mol. The predicted molar refractivity (Wildman–Crippen MR) is 105 cm³/mol. The number of benzene rings is 1. The Morgan fingerprint density at radius 1 is 1.36 bits per heavy atom. The molecule has 0 aliphatic carbocycles. The quantitative estimate of drug-likeness (QED) is 0.455. The number of imidazole rings is 1. The van der Waals surface area contributed by atoms with Crippen molar-refractivity contribution < 1.29 is 4.79 Å². The van der Waals surface area contributed by atoms with E-state index in [1.165, 1.54) is 0 Å². The van der Waals surface area contributed by atoms with Crippen molar-refractivity contribution in [1.82, 2.24) is 14.5 Å². The van der Waals surface area contributed by atoms with Gasteiger partial charge in [-0.05, 0) is 42.0 Å². The number of rotatable bonds is 7. The summed E-state index contributed by atoms with van der Waals surface area (Å²) >= 11 is 3.24. The summed E-state index contributed by atoms with van der Waals surface area (Å²) in [6, 6.07) is 11.7. The van der Waals surface area contributed by atoms with Gasteiger partial charge in [-0.1, -0.05) is 23.9 Å². The molecule has 0 saturated carbocycles. The zero-order valence-electron chi connectivity index (χ0n) is 14.0. The molecule has 2 aromatic heterocycles. The highest BCUT2D eigenvalue weighted by Crippen LogP contribution is 2.20. The first-order valence-electron chi connectivity index (χ1n) is 7.83. The van der Waals surface area contributed by atoms with Gasteiger partial charge in [0.1, 0.15) is 0 Å². The molecule has 0 aliphatic rings. The van der Waals surface area contributed by atoms with E-state index in [0.717, 1.165) is 15.7 Å². The van der Waals surface area contributed by atoms with Gasteiger partial charge in [0.15, 0.2) is 5.16 Å². The maximum absolute atomic E-state index is 12.8. The normalized spacial score (nSPS) is 10.6. The van der Waals surface area contributed by atoms with Crippen molar-refractivity contribution in [2.75, 3.05) is 12.8 Å². The van der Waals surface area contributed by atoms with Gasteiger partial charge in [0.2, 0.25) is 0 Å². The molecule has 0 unspecified atom stereocenters. The third-order valence-electron chi connectivity index (χ3n) is 3.75. The van der Waals surface area contributed by atoms with E-state index >= 15 is 0 Å². The summed E-state index contributed by atoms with van der Waals surface area (Å²) in [4.78, 5) is 20.1. The smallest absolute Gasteiger partial charge is 0.254 e. The molecule has 4 nitrogen and oxygen atoms in total. The molecular weight excluding hydrogens is 350 g/mol. The van der Waals surface area contributed by atoms with Crippen LogP contribution in [0.1, 0.15) is 15.2 Å². The van der Waals surface area contributed by atoms with Crippen molar-refractivity contribution in [2.45, 2.75) is 11.7 Å². The van der Waals surface area contributed by atoms with E-state index in [1.54, 1.807) is 40.3 Å². The van der Waals surface area contributed by atoms with Crippen molar-refractivity contribution >= 4 is 29.0 Å². The summed E-state index contributed by atoms with van der Waals surface area (Å²) in [6.45, 7) is 4.89. The Kier molecular flexibility index (Phi) is 5.73. The molecule has 3 rings (SSSR count). The van der Waals surface area contributed by atoms with Crippen LogP contribution in [0.5, 0.6) is 0 Å². The van der Waals surface area contributed by atoms with Crippen LogP contribution in [0.2, 0.25) is 0 Å². The van der Waals surface area contributed by atoms with E-state index in [2.05, 4.69) is 11.6 Å². The summed E-state index contributed by atoms with van der Waals surface area (Å²) in [7, 11) is 0. The zero-order valence-corrected chi connectivity index (χ0v) is 15.6. The van der Waals surface area contributed by atoms with Gasteiger partial charge in [-0.2, -0.15) is 0 Å². The van der Waals surface area contributed by atoms with Gasteiger partial charge in [0, 0.05) is 35.1 Å². The van der Waals surface area contributed by atoms with Crippen LogP contribution >= 0.6 is 23.1 Å². The van der Waals surface area contributed by atoms with Crippen molar-refractivity contribution in [3.63, 3.8) is 0 Å². The summed E-state index contributed by atoms with van der Waals surface area (Å²) < 4.78 is 2.01. The van der Waals surface area contributed by atoms with E-state index in [1.807, 2.05) is 58.8 Å². The fourth-order valence-electron chi connectivity index (χ4n) is 2.55. The Balaban J connectivity index is 1.80. The van der Waals surface area contributed by atoms with Crippen LogP contribution in [0.4, 0.5) is 0 Å². The first-order chi connectivity index (χ1) is 12.2. The van der Waals surface area contributed by atoms with E-state index in [-0.39, 0.29) is 5.91 Å². The summed E-state index contributed by atoms with van der Waals surface area (Å²) in [5.41, 5.74) is 1.67. The zero-order chi connectivity index (χ0) is 17.6. The lowest BCUT2D eigenvalue weighted by molar-refractivity contribution is 0.0764. The Morgan fingerprint density at radius 2 is 2.16 bits per heavy atom. The highest BCUT2D eigenvalue weighted by Gasteiger charge is 2.16. The Bertz CT molecular complexity index is 838. The maximum atomic E-state index is 12.8. The first-order valence-corrected chi connectivity index (χ1v) is 9.93. The number of amides is 1. The molecule has 25 heavy (non-hydrogen) atoms. The van der Waals surface area contributed by atoms with Gasteiger partial charge in [-0.3, -0.25) is 9.36 Å². The molecule has 6 heteroatoms. The molecule has 1 amide bonds. The molecule has 0 aliphatic heterocycles. The molecule has 0 saturated heterocycles. The molecule has 0 spiro atoms. The molecule has 2 heterocycles. The molecule has 1 aromatic carbocycles. The predicted octanol–water partition coefficient (Wildman–Crippen LogP) is 4.48. The van der Waals surface area contributed by atoms with Crippen molar-refractivity contribution in [2.24, 2.45) is 0 Å². The molecule has 0 bridgehead atoms. The number of carbonyl (C=O) groups is 1. The molecule has 0 fully saturated rings. The minimum atomic E-state index is 0.00979. The molecular formula is C19H19N3OS2. The second-order valence-corrected chi connectivity index (χ2v) is 7.19. The van der Waals surface area contributed by atoms with E-state index < -0.39 is 0 Å². The standard InChI is InChI=1S/C19H19N3OS2/c1-3-11-21(14-17-5-4-13-25-17)18(23)15-6-8-16(9-7-15)22-12-10-20-19(22)24-2/h3-10,12-13H,1,11,14H2,2H3. The summed E-state index contributed by atoms with van der Waals surface area (Å²) in [6.07, 6.45) is 7.45. The summed E-state index contributed by atoms with van der Waals surface area (Å²) in [5.74, 6) is 0.00979. The van der Waals surface area contributed by atoms with Crippen LogP contribution in [0.15, 0.2) is 72.0 Å². The fraction of sp³-hybridized carbons (Fsp3) is 0.158. The molecule has 0 atom stereocenters. The van der Waals surface area contributed by atoms with Crippen LogP contribution in [0.25, 0.3) is 5.69 Å². The van der Waals surface area contributed by atoms with Crippen LogP contribution in [0.3, 0.4) is 0 Å². The van der Waals surface area contributed by atoms with Gasteiger partial charge >= 0.3 is 0 Å². The van der Waals surface area contributed by atoms with E-state index in [9.17, 15) is 4.79 Å². The lowest BCUT2D eigenvalue weighted by atomic mass is 10.1. The van der Waals surface area contributed by atoms with E-state index in [4.69, 9.17) is 0 Å². The topological polar surface area (TPSA) is 38.1 Å². The van der Waals surface area contributed by atoms with Crippen LogP contribution in [0, 0.1) is 0 Å². The number of nitrogens with zero attached hydrogens (tertiary/aromatic N) is 3. The number of thiophene rings is 1. The largest absolute Gasteiger partial charge is 0.330 e. The van der Waals surface area contributed by atoms with Crippen LogP contribution < -0.4 is 0 Å². The number of hydrogen-bond acceptors (Lipinski definition) is 4. The SMILES string of the molecule is C=CCN(Cc1cccs1)C(=O)c1ccc(-n2ccnc2SC)cc1. The number of carbonyl (C=O) groups excluding carboxylic acids is 1. The molecule has 0 N–H and O–H groups in total. The first kappa shape index (κ1) is 17.5. The Hall–Kier alpha value is -2.31. The number of thioether (sulfide) groups is 1.